The van der Waals surface area contributed by atoms with Gasteiger partial charge in [0, 0.05) is 18.3 Å². The summed E-state index contributed by atoms with van der Waals surface area (Å²) in [6.07, 6.45) is 0. The number of hydrogen-bond donors (Lipinski definition) is 1. The molecule has 1 rings (SSSR count). The van der Waals surface area contributed by atoms with Gasteiger partial charge in [-0.25, -0.2) is 0 Å². The predicted octanol–water partition coefficient (Wildman–Crippen LogP) is 2.39. The highest BCUT2D eigenvalue weighted by Gasteiger charge is 2.00. The standard InChI is InChI=1S/C14H13N3/c1-10(17-3)4-5-12-6-13(9-15)8-14(7-12)11(2)16/h6-8,16H,1-3H3. The van der Waals surface area contributed by atoms with Gasteiger partial charge in [-0.15, -0.1) is 0 Å². The van der Waals surface area contributed by atoms with Crippen LogP contribution in [0, 0.1) is 28.6 Å². The van der Waals surface area contributed by atoms with Gasteiger partial charge in [0.05, 0.1) is 17.3 Å². The second-order valence-electron chi connectivity index (χ2n) is 3.59. The SMILES string of the molecule is CN=C(C)C#Cc1cc(C#N)cc(C(C)=N)c1. The van der Waals surface area contributed by atoms with Gasteiger partial charge in [-0.1, -0.05) is 5.92 Å². The highest BCUT2D eigenvalue weighted by atomic mass is 14.7. The summed E-state index contributed by atoms with van der Waals surface area (Å²) in [4.78, 5) is 3.94. The Hall–Kier alpha value is -2.39. The average Bonchev–Trinajstić information content (AvgIpc) is 2.35. The van der Waals surface area contributed by atoms with Gasteiger partial charge in [-0.05, 0) is 43.5 Å². The third-order valence-corrected chi connectivity index (χ3v) is 2.22. The maximum absolute atomic E-state index is 8.90. The molecule has 0 aliphatic rings. The van der Waals surface area contributed by atoms with E-state index in [0.717, 1.165) is 16.8 Å². The van der Waals surface area contributed by atoms with E-state index in [1.165, 1.54) is 0 Å². The molecule has 0 fully saturated rings. The number of nitrogens with zero attached hydrogens (tertiary/aromatic N) is 2. The fourth-order valence-electron chi connectivity index (χ4n) is 1.20. The van der Waals surface area contributed by atoms with Crippen LogP contribution in [0.25, 0.3) is 0 Å². The van der Waals surface area contributed by atoms with Gasteiger partial charge in [0.15, 0.2) is 0 Å². The maximum Gasteiger partial charge on any atom is 0.0992 e. The monoisotopic (exact) mass is 223 g/mol. The Morgan fingerprint density at radius 2 is 1.88 bits per heavy atom. The van der Waals surface area contributed by atoms with E-state index < -0.39 is 0 Å². The molecule has 1 aromatic rings. The molecular formula is C14H13N3. The lowest BCUT2D eigenvalue weighted by molar-refractivity contribution is 1.42. The van der Waals surface area contributed by atoms with Gasteiger partial charge in [0.2, 0.25) is 0 Å². The molecule has 0 spiro atoms. The fraction of sp³-hybridized carbons (Fsp3) is 0.214. The lowest BCUT2D eigenvalue weighted by Gasteiger charge is -2.00. The number of aliphatic imine (C=N–C) groups is 1. The molecule has 3 heteroatoms. The third kappa shape index (κ3) is 3.59. The molecular weight excluding hydrogens is 210 g/mol. The van der Waals surface area contributed by atoms with E-state index in [0.29, 0.717) is 11.3 Å². The zero-order valence-electron chi connectivity index (χ0n) is 10.1. The van der Waals surface area contributed by atoms with Crippen molar-refractivity contribution in [2.24, 2.45) is 4.99 Å². The number of hydrogen-bond acceptors (Lipinski definition) is 3. The largest absolute Gasteiger partial charge is 0.305 e. The van der Waals surface area contributed by atoms with Crippen molar-refractivity contribution in [1.82, 2.24) is 0 Å². The van der Waals surface area contributed by atoms with E-state index in [1.54, 1.807) is 32.2 Å². The van der Waals surface area contributed by atoms with Crippen LogP contribution < -0.4 is 0 Å². The van der Waals surface area contributed by atoms with Crippen molar-refractivity contribution < 1.29 is 0 Å². The first-order chi connectivity index (χ1) is 8.06. The van der Waals surface area contributed by atoms with Crippen LogP contribution in [-0.2, 0) is 0 Å². The van der Waals surface area contributed by atoms with Crippen LogP contribution in [0.2, 0.25) is 0 Å². The van der Waals surface area contributed by atoms with Gasteiger partial charge in [0.25, 0.3) is 0 Å². The Bertz CT molecular complexity index is 578. The molecule has 0 aliphatic heterocycles. The van der Waals surface area contributed by atoms with Crippen molar-refractivity contribution in [3.8, 4) is 17.9 Å². The van der Waals surface area contributed by atoms with Crippen molar-refractivity contribution in [1.29, 1.82) is 10.7 Å². The molecule has 0 saturated heterocycles. The normalized spacial score (nSPS) is 10.1. The third-order valence-electron chi connectivity index (χ3n) is 2.22. The molecule has 1 N–H and O–H groups in total. The second kappa shape index (κ2) is 5.63. The first-order valence-corrected chi connectivity index (χ1v) is 5.13. The second-order valence-corrected chi connectivity index (χ2v) is 3.59. The molecule has 0 heterocycles. The summed E-state index contributed by atoms with van der Waals surface area (Å²) in [5, 5.41) is 16.5. The first kappa shape index (κ1) is 12.7. The Labute approximate surface area is 101 Å². The molecule has 0 amide bonds. The molecule has 17 heavy (non-hydrogen) atoms. The Kier molecular flexibility index (Phi) is 4.20. The van der Waals surface area contributed by atoms with Crippen molar-refractivity contribution in [2.75, 3.05) is 7.05 Å². The molecule has 84 valence electrons. The molecule has 0 radical (unpaired) electrons. The van der Waals surface area contributed by atoms with Crippen molar-refractivity contribution in [2.45, 2.75) is 13.8 Å². The van der Waals surface area contributed by atoms with Crippen LogP contribution in [0.3, 0.4) is 0 Å². The van der Waals surface area contributed by atoms with E-state index in [2.05, 4.69) is 22.9 Å². The maximum atomic E-state index is 8.90. The Morgan fingerprint density at radius 1 is 1.24 bits per heavy atom. The molecule has 1 aromatic carbocycles. The van der Waals surface area contributed by atoms with Crippen LogP contribution in [0.4, 0.5) is 0 Å². The summed E-state index contributed by atoms with van der Waals surface area (Å²) in [7, 11) is 1.68. The van der Waals surface area contributed by atoms with Gasteiger partial charge in [-0.2, -0.15) is 5.26 Å². The van der Waals surface area contributed by atoms with Gasteiger partial charge in [-0.3, -0.25) is 4.99 Å². The summed E-state index contributed by atoms with van der Waals surface area (Å²) in [6.45, 7) is 3.51. The van der Waals surface area contributed by atoms with Gasteiger partial charge in [0.1, 0.15) is 0 Å². The van der Waals surface area contributed by atoms with Gasteiger partial charge < -0.3 is 5.41 Å². The summed E-state index contributed by atoms with van der Waals surface area (Å²) in [6, 6.07) is 7.27. The van der Waals surface area contributed by atoms with Crippen molar-refractivity contribution >= 4 is 11.4 Å². The molecule has 0 bridgehead atoms. The van der Waals surface area contributed by atoms with E-state index in [-0.39, 0.29) is 0 Å². The average molecular weight is 223 g/mol. The minimum Gasteiger partial charge on any atom is -0.305 e. The predicted molar refractivity (Wildman–Crippen MR) is 69.6 cm³/mol. The summed E-state index contributed by atoms with van der Waals surface area (Å²) < 4.78 is 0. The number of nitriles is 1. The van der Waals surface area contributed by atoms with E-state index in [1.807, 2.05) is 6.92 Å². The van der Waals surface area contributed by atoms with E-state index in [4.69, 9.17) is 10.7 Å². The number of benzene rings is 1. The topological polar surface area (TPSA) is 60.0 Å². The Balaban J connectivity index is 3.25. The van der Waals surface area contributed by atoms with Crippen LogP contribution in [0.1, 0.15) is 30.5 Å². The Morgan fingerprint density at radius 3 is 2.41 bits per heavy atom. The number of nitrogens with one attached hydrogen (secondary N) is 1. The van der Waals surface area contributed by atoms with Crippen LogP contribution in [-0.4, -0.2) is 18.5 Å². The van der Waals surface area contributed by atoms with Crippen molar-refractivity contribution in [3.05, 3.63) is 34.9 Å². The first-order valence-electron chi connectivity index (χ1n) is 5.13. The number of rotatable bonds is 1. The highest BCUT2D eigenvalue weighted by molar-refractivity contribution is 5.99. The van der Waals surface area contributed by atoms with Gasteiger partial charge >= 0.3 is 0 Å². The molecule has 0 aliphatic carbocycles. The lowest BCUT2D eigenvalue weighted by atomic mass is 10.0. The van der Waals surface area contributed by atoms with E-state index in [9.17, 15) is 0 Å². The molecule has 0 aromatic heterocycles. The summed E-state index contributed by atoms with van der Waals surface area (Å²) in [5.74, 6) is 5.82. The summed E-state index contributed by atoms with van der Waals surface area (Å²) in [5.41, 5.74) is 3.13. The van der Waals surface area contributed by atoms with Crippen LogP contribution in [0.15, 0.2) is 23.2 Å². The highest BCUT2D eigenvalue weighted by Crippen LogP contribution is 2.09. The summed E-state index contributed by atoms with van der Waals surface area (Å²) >= 11 is 0. The van der Waals surface area contributed by atoms with Crippen LogP contribution >= 0.6 is 0 Å². The molecule has 0 saturated carbocycles. The smallest absolute Gasteiger partial charge is 0.0992 e. The fourth-order valence-corrected chi connectivity index (χ4v) is 1.20. The molecule has 0 unspecified atom stereocenters. The van der Waals surface area contributed by atoms with Crippen LogP contribution in [0.5, 0.6) is 0 Å². The minimum absolute atomic E-state index is 0.422. The van der Waals surface area contributed by atoms with E-state index >= 15 is 0 Å². The van der Waals surface area contributed by atoms with Crippen molar-refractivity contribution in [3.63, 3.8) is 0 Å². The molecule has 3 nitrogen and oxygen atoms in total. The zero-order valence-corrected chi connectivity index (χ0v) is 10.1. The molecule has 0 atom stereocenters. The quantitative estimate of drug-likeness (QED) is 0.576. The lowest BCUT2D eigenvalue weighted by Crippen LogP contribution is -1.94. The minimum atomic E-state index is 0.422. The zero-order chi connectivity index (χ0) is 12.8.